The Morgan fingerprint density at radius 2 is 1.94 bits per heavy atom. The molecule has 1 rings (SSSR count). The van der Waals surface area contributed by atoms with Gasteiger partial charge in [-0.3, -0.25) is 0 Å². The van der Waals surface area contributed by atoms with Crippen molar-refractivity contribution in [1.29, 1.82) is 0 Å². The summed E-state index contributed by atoms with van der Waals surface area (Å²) in [5.41, 5.74) is 0.760. The lowest BCUT2D eigenvalue weighted by molar-refractivity contribution is 0.190. The zero-order valence-electron chi connectivity index (χ0n) is 11.3. The highest BCUT2D eigenvalue weighted by Crippen LogP contribution is 2.28. The summed E-state index contributed by atoms with van der Waals surface area (Å²) in [5, 5.41) is 10.3. The summed E-state index contributed by atoms with van der Waals surface area (Å²) in [5.74, 6) is 0.741. The molecule has 1 aromatic carbocycles. The Balaban J connectivity index is 2.42. The van der Waals surface area contributed by atoms with Crippen molar-refractivity contribution in [2.75, 3.05) is 6.61 Å². The van der Waals surface area contributed by atoms with Crippen molar-refractivity contribution in [3.05, 3.63) is 28.8 Å². The number of hydrogen-bond donors (Lipinski definition) is 1. The number of unbranched alkanes of at least 4 members (excludes halogenated alkanes) is 4. The Morgan fingerprint density at radius 1 is 1.22 bits per heavy atom. The molecule has 0 radical (unpaired) electrons. The first kappa shape index (κ1) is 15.3. The van der Waals surface area contributed by atoms with Crippen LogP contribution in [-0.2, 0) is 0 Å². The lowest BCUT2D eigenvalue weighted by atomic mass is 10.1. The SMILES string of the molecule is CCCCCCCOc1ccc(Cl)cc1C(C)O. The van der Waals surface area contributed by atoms with Crippen LogP contribution in [0.2, 0.25) is 5.02 Å². The normalized spacial score (nSPS) is 12.4. The fraction of sp³-hybridized carbons (Fsp3) is 0.600. The third-order valence-electron chi connectivity index (χ3n) is 2.93. The third-order valence-corrected chi connectivity index (χ3v) is 3.16. The van der Waals surface area contributed by atoms with Gasteiger partial charge in [-0.2, -0.15) is 0 Å². The van der Waals surface area contributed by atoms with Crippen molar-refractivity contribution in [3.8, 4) is 5.75 Å². The van der Waals surface area contributed by atoms with E-state index in [-0.39, 0.29) is 0 Å². The van der Waals surface area contributed by atoms with Gasteiger partial charge in [-0.1, -0.05) is 44.2 Å². The van der Waals surface area contributed by atoms with E-state index in [0.717, 1.165) is 17.7 Å². The monoisotopic (exact) mass is 270 g/mol. The summed E-state index contributed by atoms with van der Waals surface area (Å²) >= 11 is 5.91. The highest BCUT2D eigenvalue weighted by molar-refractivity contribution is 6.30. The van der Waals surface area contributed by atoms with Gasteiger partial charge in [0.25, 0.3) is 0 Å². The number of benzene rings is 1. The van der Waals surface area contributed by atoms with Gasteiger partial charge in [-0.25, -0.2) is 0 Å². The van der Waals surface area contributed by atoms with Crippen LogP contribution in [0.15, 0.2) is 18.2 Å². The van der Waals surface area contributed by atoms with E-state index in [4.69, 9.17) is 16.3 Å². The lowest BCUT2D eigenvalue weighted by Crippen LogP contribution is -2.02. The molecule has 0 aliphatic rings. The molecule has 0 bridgehead atoms. The summed E-state index contributed by atoms with van der Waals surface area (Å²) in [6.07, 6.45) is 5.51. The second kappa shape index (κ2) is 8.39. The quantitative estimate of drug-likeness (QED) is 0.691. The van der Waals surface area contributed by atoms with Crippen LogP contribution in [0.25, 0.3) is 0 Å². The maximum absolute atomic E-state index is 9.66. The second-order valence-electron chi connectivity index (χ2n) is 4.62. The van der Waals surface area contributed by atoms with Gasteiger partial charge >= 0.3 is 0 Å². The highest BCUT2D eigenvalue weighted by Gasteiger charge is 2.09. The Bertz CT molecular complexity index is 350. The minimum absolute atomic E-state index is 0.557. The predicted molar refractivity (Wildman–Crippen MR) is 76.3 cm³/mol. The number of ether oxygens (including phenoxy) is 1. The van der Waals surface area contributed by atoms with E-state index in [1.54, 1.807) is 19.1 Å². The van der Waals surface area contributed by atoms with E-state index < -0.39 is 6.10 Å². The molecular weight excluding hydrogens is 248 g/mol. The zero-order valence-corrected chi connectivity index (χ0v) is 12.0. The van der Waals surface area contributed by atoms with E-state index in [0.29, 0.717) is 11.6 Å². The van der Waals surface area contributed by atoms with Crippen molar-refractivity contribution in [2.24, 2.45) is 0 Å². The maximum atomic E-state index is 9.66. The Labute approximate surface area is 115 Å². The van der Waals surface area contributed by atoms with E-state index in [1.165, 1.54) is 25.7 Å². The van der Waals surface area contributed by atoms with Crippen molar-refractivity contribution in [3.63, 3.8) is 0 Å². The molecule has 0 spiro atoms. The molecule has 102 valence electrons. The summed E-state index contributed by atoms with van der Waals surface area (Å²) in [6.45, 7) is 4.63. The summed E-state index contributed by atoms with van der Waals surface area (Å²) in [7, 11) is 0. The van der Waals surface area contributed by atoms with Gasteiger partial charge in [-0.05, 0) is 31.5 Å². The number of hydrogen-bond acceptors (Lipinski definition) is 2. The molecule has 0 aliphatic carbocycles. The van der Waals surface area contributed by atoms with Crippen LogP contribution in [0.1, 0.15) is 57.6 Å². The van der Waals surface area contributed by atoms with Gasteiger partial charge in [0.1, 0.15) is 5.75 Å². The van der Waals surface area contributed by atoms with Gasteiger partial charge in [0.05, 0.1) is 12.7 Å². The molecule has 1 aromatic rings. The molecule has 0 fully saturated rings. The van der Waals surface area contributed by atoms with Gasteiger partial charge in [0.15, 0.2) is 0 Å². The predicted octanol–water partition coefficient (Wildman–Crippen LogP) is 4.74. The summed E-state index contributed by atoms with van der Waals surface area (Å²) in [4.78, 5) is 0. The molecule has 0 heterocycles. The van der Waals surface area contributed by atoms with Crippen LogP contribution in [0.5, 0.6) is 5.75 Å². The molecule has 0 amide bonds. The van der Waals surface area contributed by atoms with Gasteiger partial charge < -0.3 is 9.84 Å². The first-order valence-electron chi connectivity index (χ1n) is 6.75. The molecule has 0 saturated heterocycles. The number of halogens is 1. The van der Waals surface area contributed by atoms with Crippen molar-refractivity contribution in [2.45, 2.75) is 52.1 Å². The molecule has 1 unspecified atom stereocenters. The molecule has 0 saturated carbocycles. The number of aliphatic hydroxyl groups is 1. The van der Waals surface area contributed by atoms with Crippen LogP contribution in [0.4, 0.5) is 0 Å². The zero-order chi connectivity index (χ0) is 13.4. The highest BCUT2D eigenvalue weighted by atomic mass is 35.5. The average Bonchev–Trinajstić information content (AvgIpc) is 2.35. The number of aliphatic hydroxyl groups excluding tert-OH is 1. The van der Waals surface area contributed by atoms with Crippen molar-refractivity contribution >= 4 is 11.6 Å². The molecule has 0 aliphatic heterocycles. The van der Waals surface area contributed by atoms with E-state index in [2.05, 4.69) is 6.92 Å². The lowest BCUT2D eigenvalue weighted by Gasteiger charge is -2.13. The summed E-state index contributed by atoms with van der Waals surface area (Å²) in [6, 6.07) is 5.38. The fourth-order valence-electron chi connectivity index (χ4n) is 1.86. The van der Waals surface area contributed by atoms with Crippen LogP contribution in [0.3, 0.4) is 0 Å². The average molecular weight is 271 g/mol. The van der Waals surface area contributed by atoms with E-state index >= 15 is 0 Å². The molecular formula is C15H23ClO2. The number of rotatable bonds is 8. The first-order valence-corrected chi connectivity index (χ1v) is 7.13. The minimum Gasteiger partial charge on any atom is -0.493 e. The minimum atomic E-state index is -0.557. The van der Waals surface area contributed by atoms with Crippen molar-refractivity contribution < 1.29 is 9.84 Å². The third kappa shape index (κ3) is 5.28. The molecule has 3 heteroatoms. The second-order valence-corrected chi connectivity index (χ2v) is 5.06. The maximum Gasteiger partial charge on any atom is 0.125 e. The Hall–Kier alpha value is -0.730. The van der Waals surface area contributed by atoms with Gasteiger partial charge in [0.2, 0.25) is 0 Å². The fourth-order valence-corrected chi connectivity index (χ4v) is 2.05. The Morgan fingerprint density at radius 3 is 2.61 bits per heavy atom. The molecule has 1 N–H and O–H groups in total. The molecule has 1 atom stereocenters. The smallest absolute Gasteiger partial charge is 0.125 e. The van der Waals surface area contributed by atoms with Gasteiger partial charge in [-0.15, -0.1) is 0 Å². The molecule has 0 aromatic heterocycles. The van der Waals surface area contributed by atoms with Crippen LogP contribution < -0.4 is 4.74 Å². The van der Waals surface area contributed by atoms with E-state index in [1.807, 2.05) is 6.07 Å². The first-order chi connectivity index (χ1) is 8.65. The van der Waals surface area contributed by atoms with Crippen LogP contribution >= 0.6 is 11.6 Å². The van der Waals surface area contributed by atoms with Crippen molar-refractivity contribution in [1.82, 2.24) is 0 Å². The topological polar surface area (TPSA) is 29.5 Å². The summed E-state index contributed by atoms with van der Waals surface area (Å²) < 4.78 is 5.72. The largest absolute Gasteiger partial charge is 0.493 e. The van der Waals surface area contributed by atoms with Crippen LogP contribution in [-0.4, -0.2) is 11.7 Å². The Kier molecular flexibility index (Phi) is 7.14. The standard InChI is InChI=1S/C15H23ClO2/c1-3-4-5-6-7-10-18-15-9-8-13(16)11-14(15)12(2)17/h8-9,11-12,17H,3-7,10H2,1-2H3. The van der Waals surface area contributed by atoms with Gasteiger partial charge in [0, 0.05) is 10.6 Å². The molecule has 2 nitrogen and oxygen atoms in total. The van der Waals surface area contributed by atoms with E-state index in [9.17, 15) is 5.11 Å². The molecule has 18 heavy (non-hydrogen) atoms. The van der Waals surface area contributed by atoms with Crippen LogP contribution in [0, 0.1) is 0 Å².